The first-order valence-electron chi connectivity index (χ1n) is 9.52. The number of rotatable bonds is 6. The van der Waals surface area contributed by atoms with Crippen LogP contribution in [0.15, 0.2) is 101 Å². The molecule has 1 N–H and O–H groups in total. The molecule has 0 heterocycles. The van der Waals surface area contributed by atoms with Gasteiger partial charge in [-0.15, -0.1) is 0 Å². The highest BCUT2D eigenvalue weighted by molar-refractivity contribution is 7.89. The van der Waals surface area contributed by atoms with Crippen molar-refractivity contribution in [2.45, 2.75) is 4.90 Å². The molecule has 0 saturated heterocycles. The van der Waals surface area contributed by atoms with E-state index in [0.717, 1.165) is 10.8 Å². The lowest BCUT2D eigenvalue weighted by molar-refractivity contribution is 0.0734. The molecule has 0 unspecified atom stereocenters. The number of fused-ring (bicyclic) bond motifs is 1. The quantitative estimate of drug-likeness (QED) is 0.188. The summed E-state index contributed by atoms with van der Waals surface area (Å²) in [4.78, 5) is 14.5. The first-order chi connectivity index (χ1) is 15.4. The van der Waals surface area contributed by atoms with Crippen LogP contribution in [0.1, 0.15) is 15.9 Å². The highest BCUT2D eigenvalue weighted by Gasteiger charge is 2.13. The molecule has 4 aromatic rings. The summed E-state index contributed by atoms with van der Waals surface area (Å²) < 4.78 is 30.3. The van der Waals surface area contributed by atoms with Crippen molar-refractivity contribution in [3.8, 4) is 5.75 Å². The Bertz CT molecular complexity index is 1420. The zero-order valence-corrected chi connectivity index (χ0v) is 18.2. The predicted octanol–water partition coefficient (Wildman–Crippen LogP) is 5.02. The number of esters is 1. The number of carbonyl (C=O) groups is 1. The van der Waals surface area contributed by atoms with Crippen LogP contribution in [0.25, 0.3) is 10.8 Å². The van der Waals surface area contributed by atoms with Crippen molar-refractivity contribution in [3.63, 3.8) is 0 Å². The standard InChI is InChI=1S/C24H17ClN2O4S/c25-21-7-3-6-20(14-21)24(28)31-22-11-8-17(9-12-22)16-26-27-32(29,30)23-13-10-18-4-1-2-5-19(18)15-23/h1-16,27H/b26-16+. The Morgan fingerprint density at radius 1 is 0.875 bits per heavy atom. The van der Waals surface area contributed by atoms with E-state index in [2.05, 4.69) is 9.93 Å². The minimum Gasteiger partial charge on any atom is -0.423 e. The van der Waals surface area contributed by atoms with Crippen molar-refractivity contribution < 1.29 is 17.9 Å². The van der Waals surface area contributed by atoms with Crippen molar-refractivity contribution in [2.75, 3.05) is 0 Å². The molecule has 4 aromatic carbocycles. The number of sulfonamides is 1. The van der Waals surface area contributed by atoms with Crippen LogP contribution < -0.4 is 9.57 Å². The molecule has 0 atom stereocenters. The lowest BCUT2D eigenvalue weighted by Crippen LogP contribution is -2.18. The van der Waals surface area contributed by atoms with Gasteiger partial charge < -0.3 is 4.74 Å². The number of hydrogen-bond acceptors (Lipinski definition) is 5. The number of nitrogens with zero attached hydrogens (tertiary/aromatic N) is 1. The lowest BCUT2D eigenvalue weighted by Gasteiger charge is -2.06. The van der Waals surface area contributed by atoms with E-state index >= 15 is 0 Å². The number of hydrazone groups is 1. The highest BCUT2D eigenvalue weighted by Crippen LogP contribution is 2.19. The molecule has 0 amide bonds. The van der Waals surface area contributed by atoms with E-state index in [1.807, 2.05) is 24.3 Å². The summed E-state index contributed by atoms with van der Waals surface area (Å²) >= 11 is 5.89. The van der Waals surface area contributed by atoms with Crippen molar-refractivity contribution in [3.05, 3.63) is 107 Å². The molecular weight excluding hydrogens is 448 g/mol. The maximum Gasteiger partial charge on any atom is 0.343 e. The fourth-order valence-corrected chi connectivity index (χ4v) is 3.98. The summed E-state index contributed by atoms with van der Waals surface area (Å²) in [6.45, 7) is 0. The van der Waals surface area contributed by atoms with E-state index in [4.69, 9.17) is 16.3 Å². The third-order valence-electron chi connectivity index (χ3n) is 4.57. The maximum atomic E-state index is 12.5. The SMILES string of the molecule is O=C(Oc1ccc(/C=N/NS(=O)(=O)c2ccc3ccccc3c2)cc1)c1cccc(Cl)c1. The van der Waals surface area contributed by atoms with Gasteiger partial charge in [0.05, 0.1) is 16.7 Å². The smallest absolute Gasteiger partial charge is 0.343 e. The number of halogens is 1. The summed E-state index contributed by atoms with van der Waals surface area (Å²) in [6, 6.07) is 25.3. The van der Waals surface area contributed by atoms with Gasteiger partial charge in [0.2, 0.25) is 0 Å². The molecular formula is C24H17ClN2O4S. The molecule has 8 heteroatoms. The second-order valence-electron chi connectivity index (χ2n) is 6.83. The summed E-state index contributed by atoms with van der Waals surface area (Å²) in [7, 11) is -3.81. The third kappa shape index (κ3) is 5.14. The van der Waals surface area contributed by atoms with E-state index in [1.54, 1.807) is 54.6 Å². The second-order valence-corrected chi connectivity index (χ2v) is 8.93. The number of ether oxygens (including phenoxy) is 1. The van der Waals surface area contributed by atoms with Crippen molar-refractivity contribution in [1.29, 1.82) is 0 Å². The van der Waals surface area contributed by atoms with Crippen molar-refractivity contribution in [2.24, 2.45) is 5.10 Å². The average molecular weight is 465 g/mol. The van der Waals surface area contributed by atoms with Gasteiger partial charge in [-0.05, 0) is 70.9 Å². The van der Waals surface area contributed by atoms with E-state index in [-0.39, 0.29) is 4.90 Å². The largest absolute Gasteiger partial charge is 0.423 e. The summed E-state index contributed by atoms with van der Waals surface area (Å²) in [5.41, 5.74) is 0.958. The van der Waals surface area contributed by atoms with Crippen LogP contribution in [0.3, 0.4) is 0 Å². The monoisotopic (exact) mass is 464 g/mol. The summed E-state index contributed by atoms with van der Waals surface area (Å²) in [6.07, 6.45) is 1.36. The minimum atomic E-state index is -3.81. The van der Waals surface area contributed by atoms with Crippen LogP contribution in [0.4, 0.5) is 0 Å². The van der Waals surface area contributed by atoms with Gasteiger partial charge in [-0.2, -0.15) is 13.5 Å². The number of nitrogens with one attached hydrogen (secondary N) is 1. The Kier molecular flexibility index (Phi) is 6.20. The highest BCUT2D eigenvalue weighted by atomic mass is 35.5. The zero-order valence-electron chi connectivity index (χ0n) is 16.6. The lowest BCUT2D eigenvalue weighted by atomic mass is 10.1. The summed E-state index contributed by atoms with van der Waals surface area (Å²) in [5.74, 6) is -0.194. The molecule has 0 spiro atoms. The van der Waals surface area contributed by atoms with Crippen molar-refractivity contribution in [1.82, 2.24) is 4.83 Å². The van der Waals surface area contributed by atoms with Crippen molar-refractivity contribution >= 4 is 44.6 Å². The molecule has 0 saturated carbocycles. The van der Waals surface area contributed by atoms with Crippen LogP contribution in [-0.4, -0.2) is 20.6 Å². The van der Waals surface area contributed by atoms with E-state index in [1.165, 1.54) is 18.3 Å². The van der Waals surface area contributed by atoms with E-state index in [0.29, 0.717) is 21.9 Å². The molecule has 4 rings (SSSR count). The molecule has 6 nitrogen and oxygen atoms in total. The Morgan fingerprint density at radius 2 is 1.62 bits per heavy atom. The maximum absolute atomic E-state index is 12.5. The van der Waals surface area contributed by atoms with Crippen LogP contribution in [0.5, 0.6) is 5.75 Å². The van der Waals surface area contributed by atoms with Gasteiger partial charge in [0.1, 0.15) is 5.75 Å². The molecule has 0 fully saturated rings. The normalized spacial score (nSPS) is 11.5. The number of benzene rings is 4. The fraction of sp³-hybridized carbons (Fsp3) is 0. The van der Waals surface area contributed by atoms with Gasteiger partial charge >= 0.3 is 5.97 Å². The van der Waals surface area contributed by atoms with Crippen LogP contribution in [0.2, 0.25) is 5.02 Å². The van der Waals surface area contributed by atoms with Gasteiger partial charge in [0.15, 0.2) is 0 Å². The van der Waals surface area contributed by atoms with Gasteiger partial charge in [0, 0.05) is 5.02 Å². The molecule has 0 aliphatic heterocycles. The molecule has 0 bridgehead atoms. The Balaban J connectivity index is 1.40. The Morgan fingerprint density at radius 3 is 2.38 bits per heavy atom. The Hall–Kier alpha value is -3.68. The van der Waals surface area contributed by atoms with Crippen LogP contribution >= 0.6 is 11.6 Å². The van der Waals surface area contributed by atoms with E-state index < -0.39 is 16.0 Å². The van der Waals surface area contributed by atoms with Crippen LogP contribution in [0, 0.1) is 0 Å². The van der Waals surface area contributed by atoms with Crippen LogP contribution in [-0.2, 0) is 10.0 Å². The third-order valence-corrected chi connectivity index (χ3v) is 6.02. The average Bonchev–Trinajstić information content (AvgIpc) is 2.80. The number of carbonyl (C=O) groups excluding carboxylic acids is 1. The molecule has 32 heavy (non-hydrogen) atoms. The predicted molar refractivity (Wildman–Crippen MR) is 125 cm³/mol. The van der Waals surface area contributed by atoms with E-state index in [9.17, 15) is 13.2 Å². The second kappa shape index (κ2) is 9.21. The fourth-order valence-electron chi connectivity index (χ4n) is 2.96. The zero-order chi connectivity index (χ0) is 22.6. The van der Waals surface area contributed by atoms with Gasteiger partial charge in [-0.3, -0.25) is 0 Å². The summed E-state index contributed by atoms with van der Waals surface area (Å²) in [5, 5.41) is 6.05. The van der Waals surface area contributed by atoms with Gasteiger partial charge in [0.25, 0.3) is 10.0 Å². The first-order valence-corrected chi connectivity index (χ1v) is 11.4. The molecule has 160 valence electrons. The van der Waals surface area contributed by atoms with Gasteiger partial charge in [-0.1, -0.05) is 48.0 Å². The molecule has 0 radical (unpaired) electrons. The topological polar surface area (TPSA) is 84.8 Å². The number of hydrogen-bond donors (Lipinski definition) is 1. The van der Waals surface area contributed by atoms with Gasteiger partial charge in [-0.25, -0.2) is 9.63 Å². The molecule has 0 aliphatic carbocycles. The minimum absolute atomic E-state index is 0.122. The molecule has 0 aromatic heterocycles. The Labute approximate surface area is 190 Å². The molecule has 0 aliphatic rings. The first kappa shape index (κ1) is 21.5.